The molecule has 8 nitrogen and oxygen atoms in total. The summed E-state index contributed by atoms with van der Waals surface area (Å²) < 4.78 is 23.4. The Morgan fingerprint density at radius 1 is 1.13 bits per heavy atom. The van der Waals surface area contributed by atoms with Crippen molar-refractivity contribution in [1.82, 2.24) is 14.5 Å². The number of carbonyl (C=O) groups is 1. The van der Waals surface area contributed by atoms with Gasteiger partial charge in [0.05, 0.1) is 17.9 Å². The van der Waals surface area contributed by atoms with E-state index in [4.69, 9.17) is 29.7 Å². The molecule has 2 N–H and O–H groups in total. The quantitative estimate of drug-likeness (QED) is 0.220. The molecule has 1 aromatic carbocycles. The molecular formula is C38H49FN4O4. The molecule has 2 bridgehead atoms. The van der Waals surface area contributed by atoms with Gasteiger partial charge in [-0.25, -0.2) is 14.4 Å². The van der Waals surface area contributed by atoms with Gasteiger partial charge in [-0.1, -0.05) is 6.92 Å². The predicted octanol–water partition coefficient (Wildman–Crippen LogP) is 7.66. The van der Waals surface area contributed by atoms with E-state index in [1.807, 2.05) is 6.20 Å². The first kappa shape index (κ1) is 34.4. The van der Waals surface area contributed by atoms with E-state index < -0.39 is 5.60 Å². The first-order valence-electron chi connectivity index (χ1n) is 16.8. The molecule has 0 unspecified atom stereocenters. The summed E-state index contributed by atoms with van der Waals surface area (Å²) >= 11 is 0. The van der Waals surface area contributed by atoms with Crippen molar-refractivity contribution < 1.29 is 24.1 Å². The smallest absolute Gasteiger partial charge is 0.290 e. The van der Waals surface area contributed by atoms with Gasteiger partial charge in [-0.15, -0.1) is 0 Å². The van der Waals surface area contributed by atoms with Crippen molar-refractivity contribution in [2.24, 2.45) is 18.9 Å². The van der Waals surface area contributed by atoms with E-state index in [9.17, 15) is 0 Å². The third-order valence-electron chi connectivity index (χ3n) is 9.51. The number of fused-ring (bicyclic) bond motifs is 4. The number of anilines is 1. The number of benzene rings is 1. The summed E-state index contributed by atoms with van der Waals surface area (Å²) in [6.07, 6.45) is 8.62. The number of piperidine rings is 1. The number of nitrogens with zero attached hydrogens (tertiary/aromatic N) is 4. The molecule has 3 aliphatic rings. The maximum absolute atomic E-state index is 15.4. The Labute approximate surface area is 277 Å². The molecule has 0 spiro atoms. The van der Waals surface area contributed by atoms with E-state index in [0.29, 0.717) is 12.4 Å². The Morgan fingerprint density at radius 2 is 1.79 bits per heavy atom. The van der Waals surface area contributed by atoms with E-state index in [1.165, 1.54) is 24.8 Å². The van der Waals surface area contributed by atoms with Crippen LogP contribution in [0.2, 0.25) is 0 Å². The Morgan fingerprint density at radius 3 is 2.43 bits per heavy atom. The Hall–Kier alpha value is -3.98. The van der Waals surface area contributed by atoms with Crippen LogP contribution in [0.15, 0.2) is 30.5 Å². The SMILES string of the molecule is CC(C)(C)O.CCc1c(C)nc2c(cc(-c3ccnc(N4C[C@@H]5CC[C@@H](C5)C4)c3)n2C)c1-c1cc(F)c2c(c1C)CCCO2.O=CO. The zero-order chi connectivity index (χ0) is 34.0. The lowest BCUT2D eigenvalue weighted by atomic mass is 9.87. The fourth-order valence-electron chi connectivity index (χ4n) is 7.56. The van der Waals surface area contributed by atoms with E-state index >= 15 is 4.39 Å². The molecular weight excluding hydrogens is 595 g/mol. The first-order chi connectivity index (χ1) is 22.3. The van der Waals surface area contributed by atoms with E-state index in [2.05, 4.69) is 55.5 Å². The van der Waals surface area contributed by atoms with Gasteiger partial charge < -0.3 is 24.4 Å². The average molecular weight is 645 g/mol. The van der Waals surface area contributed by atoms with Gasteiger partial charge in [0.15, 0.2) is 11.6 Å². The molecule has 2 aliphatic heterocycles. The lowest BCUT2D eigenvalue weighted by Gasteiger charge is -2.32. The van der Waals surface area contributed by atoms with Gasteiger partial charge in [-0.3, -0.25) is 4.79 Å². The second kappa shape index (κ2) is 14.0. The van der Waals surface area contributed by atoms with Crippen LogP contribution in [0.1, 0.15) is 75.8 Å². The van der Waals surface area contributed by atoms with Gasteiger partial charge in [0.2, 0.25) is 0 Å². The van der Waals surface area contributed by atoms with Crippen molar-refractivity contribution in [1.29, 1.82) is 0 Å². The summed E-state index contributed by atoms with van der Waals surface area (Å²) in [6, 6.07) is 8.29. The van der Waals surface area contributed by atoms with Gasteiger partial charge >= 0.3 is 0 Å². The maximum Gasteiger partial charge on any atom is 0.290 e. The number of ether oxygens (including phenoxy) is 1. The molecule has 0 amide bonds. The lowest BCUT2D eigenvalue weighted by Crippen LogP contribution is -2.36. The van der Waals surface area contributed by atoms with E-state index in [1.54, 1.807) is 26.8 Å². The third-order valence-corrected chi connectivity index (χ3v) is 9.51. The van der Waals surface area contributed by atoms with Crippen LogP contribution < -0.4 is 9.64 Å². The number of hydrogen-bond donors (Lipinski definition) is 2. The summed E-state index contributed by atoms with van der Waals surface area (Å²) in [6.45, 7) is 14.1. The van der Waals surface area contributed by atoms with Crippen molar-refractivity contribution in [2.45, 2.75) is 85.7 Å². The second-order valence-electron chi connectivity index (χ2n) is 14.1. The molecule has 0 radical (unpaired) electrons. The van der Waals surface area contributed by atoms with Crippen LogP contribution in [0.25, 0.3) is 33.4 Å². The van der Waals surface area contributed by atoms with Gasteiger partial charge in [-0.2, -0.15) is 0 Å². The molecule has 3 aromatic heterocycles. The number of rotatable bonds is 4. The number of aliphatic hydroxyl groups is 1. The van der Waals surface area contributed by atoms with Crippen molar-refractivity contribution in [3.05, 3.63) is 58.7 Å². The van der Waals surface area contributed by atoms with Crippen LogP contribution in [0.3, 0.4) is 0 Å². The topological polar surface area (TPSA) is 101 Å². The predicted molar refractivity (Wildman–Crippen MR) is 186 cm³/mol. The number of pyridine rings is 2. The minimum absolute atomic E-state index is 0.250. The summed E-state index contributed by atoms with van der Waals surface area (Å²) in [5.74, 6) is 2.85. The second-order valence-corrected chi connectivity index (χ2v) is 14.1. The van der Waals surface area contributed by atoms with Crippen molar-refractivity contribution in [2.75, 3.05) is 24.6 Å². The summed E-state index contributed by atoms with van der Waals surface area (Å²) in [5, 5.41) is 16.5. The molecule has 1 saturated carbocycles. The largest absolute Gasteiger partial charge is 0.490 e. The highest BCUT2D eigenvalue weighted by Gasteiger charge is 2.33. The highest BCUT2D eigenvalue weighted by Crippen LogP contribution is 2.43. The minimum atomic E-state index is -0.500. The molecule has 5 heterocycles. The molecule has 2 fully saturated rings. The fraction of sp³-hybridized carbons (Fsp3) is 0.500. The Balaban J connectivity index is 0.000000490. The number of hydrogen-bond acceptors (Lipinski definition) is 6. The Bertz CT molecular complexity index is 1740. The van der Waals surface area contributed by atoms with Crippen molar-refractivity contribution >= 4 is 23.3 Å². The van der Waals surface area contributed by atoms with Gasteiger partial charge in [-0.05, 0) is 131 Å². The number of carboxylic acid groups (broad SMARTS) is 1. The van der Waals surface area contributed by atoms with Crippen LogP contribution in [0, 0.1) is 31.5 Å². The molecule has 4 aromatic rings. The van der Waals surface area contributed by atoms with Crippen molar-refractivity contribution in [3.8, 4) is 28.1 Å². The summed E-state index contributed by atoms with van der Waals surface area (Å²) in [7, 11) is 2.09. The molecule has 7 rings (SSSR count). The van der Waals surface area contributed by atoms with E-state index in [0.717, 1.165) is 100 Å². The Kier molecular flexibility index (Phi) is 10.2. The van der Waals surface area contributed by atoms with Crippen molar-refractivity contribution in [3.63, 3.8) is 0 Å². The zero-order valence-electron chi connectivity index (χ0n) is 28.9. The van der Waals surface area contributed by atoms with Crippen LogP contribution >= 0.6 is 0 Å². The maximum atomic E-state index is 15.4. The van der Waals surface area contributed by atoms with Gasteiger partial charge in [0.1, 0.15) is 11.5 Å². The van der Waals surface area contributed by atoms with Crippen LogP contribution in [-0.4, -0.2) is 56.5 Å². The number of aromatic nitrogens is 3. The fourth-order valence-corrected chi connectivity index (χ4v) is 7.56. The summed E-state index contributed by atoms with van der Waals surface area (Å²) in [4.78, 5) is 20.7. The van der Waals surface area contributed by atoms with Gasteiger partial charge in [0.25, 0.3) is 6.47 Å². The lowest BCUT2D eigenvalue weighted by molar-refractivity contribution is -0.122. The first-order valence-corrected chi connectivity index (χ1v) is 16.8. The number of aryl methyl sites for hydroxylation is 2. The molecule has 2 atom stereocenters. The molecule has 9 heteroatoms. The average Bonchev–Trinajstić information content (AvgIpc) is 3.54. The molecule has 1 aliphatic carbocycles. The summed E-state index contributed by atoms with van der Waals surface area (Å²) in [5.41, 5.74) is 9.04. The van der Waals surface area contributed by atoms with Gasteiger partial charge in [0, 0.05) is 48.5 Å². The standard InChI is InChI=1S/C33H37FN4O.C4H10O.CH2O2/c1-5-24-20(3)36-33-27(31(24)26-15-28(34)32-25(19(26)2)7-6-12-39-32)16-29(37(33)4)23-10-11-35-30(14-23)38-17-21-8-9-22(13-21)18-38;1-4(2,3)5;2-1-3/h10-11,14-16,21-22H,5-9,12-13,17-18H2,1-4H3;5H,1-3H3;1H,(H,2,3)/t21-,22+;;. The highest BCUT2D eigenvalue weighted by atomic mass is 19.1. The molecule has 1 saturated heterocycles. The van der Waals surface area contributed by atoms with E-state index in [-0.39, 0.29) is 12.3 Å². The van der Waals surface area contributed by atoms with Crippen LogP contribution in [-0.2, 0) is 24.7 Å². The van der Waals surface area contributed by atoms with Crippen LogP contribution in [0.5, 0.6) is 5.75 Å². The van der Waals surface area contributed by atoms with Crippen LogP contribution in [0.4, 0.5) is 10.2 Å². The zero-order valence-corrected chi connectivity index (χ0v) is 28.9. The monoisotopic (exact) mass is 644 g/mol. The third kappa shape index (κ3) is 7.30. The molecule has 252 valence electrons. The number of halogens is 1. The minimum Gasteiger partial charge on any atom is -0.490 e. The highest BCUT2D eigenvalue weighted by molar-refractivity contribution is 6.00. The normalized spacial score (nSPS) is 18.4. The molecule has 47 heavy (non-hydrogen) atoms.